The Morgan fingerprint density at radius 3 is 2.56 bits per heavy atom. The smallest absolute Gasteiger partial charge is 0.304 e. The monoisotopic (exact) mass is 250 g/mol. The van der Waals surface area contributed by atoms with E-state index in [1.165, 1.54) is 5.56 Å². The van der Waals surface area contributed by atoms with Crippen LogP contribution in [0.5, 0.6) is 0 Å². The minimum atomic E-state index is -0.867. The van der Waals surface area contributed by atoms with Gasteiger partial charge in [-0.1, -0.05) is 39.0 Å². The van der Waals surface area contributed by atoms with E-state index < -0.39 is 5.97 Å². The zero-order valence-electron chi connectivity index (χ0n) is 11.2. The molecule has 4 nitrogen and oxygen atoms in total. The number of aliphatic carboxylic acids is 1. The van der Waals surface area contributed by atoms with Gasteiger partial charge in [-0.3, -0.25) is 4.79 Å². The highest BCUT2D eigenvalue weighted by Crippen LogP contribution is 2.29. The van der Waals surface area contributed by atoms with E-state index in [4.69, 9.17) is 10.8 Å². The van der Waals surface area contributed by atoms with Gasteiger partial charge in [0.2, 0.25) is 0 Å². The van der Waals surface area contributed by atoms with Crippen molar-refractivity contribution in [2.75, 3.05) is 11.9 Å². The lowest BCUT2D eigenvalue weighted by Gasteiger charge is -2.24. The molecule has 0 spiro atoms. The molecule has 4 N–H and O–H groups in total. The maximum absolute atomic E-state index is 10.5. The number of nitrogens with one attached hydrogen (secondary N) is 1. The molecule has 1 aromatic carbocycles. The van der Waals surface area contributed by atoms with E-state index in [2.05, 4.69) is 32.2 Å². The molecule has 0 heterocycles. The van der Waals surface area contributed by atoms with Gasteiger partial charge in [-0.15, -0.1) is 0 Å². The van der Waals surface area contributed by atoms with Gasteiger partial charge in [-0.05, 0) is 17.0 Å². The fourth-order valence-corrected chi connectivity index (χ4v) is 1.83. The third-order valence-electron chi connectivity index (χ3n) is 2.73. The van der Waals surface area contributed by atoms with Crippen LogP contribution >= 0.6 is 0 Å². The quantitative estimate of drug-likeness (QED) is 0.749. The number of carbonyl (C=O) groups is 1. The summed E-state index contributed by atoms with van der Waals surface area (Å²) in [6, 6.07) is 7.65. The normalized spacial score (nSPS) is 13.1. The number of nitrogens with two attached hydrogens (primary N) is 1. The Morgan fingerprint density at radius 2 is 2.00 bits per heavy atom. The lowest BCUT2D eigenvalue weighted by Crippen LogP contribution is -2.32. The van der Waals surface area contributed by atoms with E-state index in [-0.39, 0.29) is 17.9 Å². The van der Waals surface area contributed by atoms with Crippen molar-refractivity contribution in [2.45, 2.75) is 38.6 Å². The van der Waals surface area contributed by atoms with E-state index in [0.717, 1.165) is 5.69 Å². The molecule has 1 rings (SSSR count). The van der Waals surface area contributed by atoms with Gasteiger partial charge in [-0.2, -0.15) is 0 Å². The fraction of sp³-hybridized carbons (Fsp3) is 0.500. The van der Waals surface area contributed by atoms with Crippen molar-refractivity contribution in [3.8, 4) is 0 Å². The van der Waals surface area contributed by atoms with Gasteiger partial charge in [0.15, 0.2) is 0 Å². The first kappa shape index (κ1) is 14.5. The summed E-state index contributed by atoms with van der Waals surface area (Å²) in [6.07, 6.45) is -0.0231. The molecule has 1 atom stereocenters. The Morgan fingerprint density at radius 1 is 1.39 bits per heavy atom. The number of para-hydroxylation sites is 1. The maximum Gasteiger partial charge on any atom is 0.304 e. The summed E-state index contributed by atoms with van der Waals surface area (Å²) in [6.45, 7) is 6.89. The molecule has 0 aliphatic heterocycles. The van der Waals surface area contributed by atoms with Crippen LogP contribution < -0.4 is 11.1 Å². The zero-order valence-corrected chi connectivity index (χ0v) is 11.2. The molecule has 0 saturated heterocycles. The maximum atomic E-state index is 10.5. The van der Waals surface area contributed by atoms with Crippen LogP contribution in [0.3, 0.4) is 0 Å². The summed E-state index contributed by atoms with van der Waals surface area (Å²) in [7, 11) is 0. The summed E-state index contributed by atoms with van der Waals surface area (Å²) in [5.74, 6) is -0.867. The van der Waals surface area contributed by atoms with Gasteiger partial charge < -0.3 is 16.2 Å². The first-order valence-electron chi connectivity index (χ1n) is 6.11. The van der Waals surface area contributed by atoms with Gasteiger partial charge in [0.25, 0.3) is 0 Å². The predicted octanol–water partition coefficient (Wildman–Crippen LogP) is 2.20. The molecular weight excluding hydrogens is 228 g/mol. The molecule has 0 radical (unpaired) electrons. The Bertz CT molecular complexity index is 411. The number of rotatable bonds is 5. The minimum Gasteiger partial charge on any atom is -0.481 e. The van der Waals surface area contributed by atoms with E-state index in [0.29, 0.717) is 6.54 Å². The average molecular weight is 250 g/mol. The Labute approximate surface area is 108 Å². The van der Waals surface area contributed by atoms with E-state index in [1.54, 1.807) is 0 Å². The van der Waals surface area contributed by atoms with Crippen LogP contribution in [0.4, 0.5) is 5.69 Å². The molecule has 0 saturated carbocycles. The number of hydrogen-bond acceptors (Lipinski definition) is 3. The second-order valence-corrected chi connectivity index (χ2v) is 5.53. The Hall–Kier alpha value is -1.55. The third kappa shape index (κ3) is 4.37. The number of carboxylic acids is 1. The van der Waals surface area contributed by atoms with Crippen LogP contribution in [0.2, 0.25) is 0 Å². The van der Waals surface area contributed by atoms with E-state index in [9.17, 15) is 4.79 Å². The first-order valence-corrected chi connectivity index (χ1v) is 6.11. The Kier molecular flexibility index (Phi) is 4.73. The largest absolute Gasteiger partial charge is 0.481 e. The molecule has 100 valence electrons. The minimum absolute atomic E-state index is 0.0231. The molecule has 0 bridgehead atoms. The lowest BCUT2D eigenvalue weighted by atomic mass is 9.86. The molecular formula is C14H22N2O2. The molecule has 0 fully saturated rings. The number of carboxylic acid groups (broad SMARTS) is 1. The van der Waals surface area contributed by atoms with Crippen molar-refractivity contribution in [1.82, 2.24) is 0 Å². The summed E-state index contributed by atoms with van der Waals surface area (Å²) < 4.78 is 0. The summed E-state index contributed by atoms with van der Waals surface area (Å²) in [4.78, 5) is 10.5. The van der Waals surface area contributed by atoms with Gasteiger partial charge in [0.1, 0.15) is 0 Å². The van der Waals surface area contributed by atoms with Crippen molar-refractivity contribution < 1.29 is 9.90 Å². The molecule has 1 aromatic rings. The van der Waals surface area contributed by atoms with Gasteiger partial charge in [0, 0.05) is 18.3 Å². The van der Waals surface area contributed by atoms with Crippen LogP contribution in [0.15, 0.2) is 24.3 Å². The van der Waals surface area contributed by atoms with E-state index >= 15 is 0 Å². The standard InChI is InChI=1S/C14H22N2O2/c1-14(2,3)11-6-4-5-7-12(11)16-9-10(15)8-13(17)18/h4-7,10,16H,8-9,15H2,1-3H3,(H,17,18). The Balaban J connectivity index is 2.71. The molecule has 0 aliphatic carbocycles. The van der Waals surface area contributed by atoms with Crippen LogP contribution in [0.25, 0.3) is 0 Å². The lowest BCUT2D eigenvalue weighted by molar-refractivity contribution is -0.137. The summed E-state index contributed by atoms with van der Waals surface area (Å²) in [5.41, 5.74) is 8.00. The van der Waals surface area contributed by atoms with Gasteiger partial charge in [0.05, 0.1) is 6.42 Å². The van der Waals surface area contributed by atoms with Crippen molar-refractivity contribution in [3.05, 3.63) is 29.8 Å². The fourth-order valence-electron chi connectivity index (χ4n) is 1.83. The summed E-state index contributed by atoms with van der Waals surface area (Å²) >= 11 is 0. The molecule has 4 heteroatoms. The number of anilines is 1. The van der Waals surface area contributed by atoms with Gasteiger partial charge >= 0.3 is 5.97 Å². The van der Waals surface area contributed by atoms with Crippen molar-refractivity contribution >= 4 is 11.7 Å². The SMILES string of the molecule is CC(C)(C)c1ccccc1NCC(N)CC(=O)O. The second-order valence-electron chi connectivity index (χ2n) is 5.53. The highest BCUT2D eigenvalue weighted by Gasteiger charge is 2.17. The number of hydrogen-bond donors (Lipinski definition) is 3. The van der Waals surface area contributed by atoms with Crippen LogP contribution in [-0.2, 0) is 10.2 Å². The zero-order chi connectivity index (χ0) is 13.8. The summed E-state index contributed by atoms with van der Waals surface area (Å²) in [5, 5.41) is 11.9. The average Bonchev–Trinajstić information content (AvgIpc) is 2.24. The van der Waals surface area contributed by atoms with Crippen LogP contribution in [0.1, 0.15) is 32.8 Å². The second kappa shape index (κ2) is 5.87. The topological polar surface area (TPSA) is 75.3 Å². The highest BCUT2D eigenvalue weighted by molar-refractivity contribution is 5.67. The number of benzene rings is 1. The van der Waals surface area contributed by atoms with Crippen LogP contribution in [-0.4, -0.2) is 23.7 Å². The first-order chi connectivity index (χ1) is 8.30. The van der Waals surface area contributed by atoms with Gasteiger partial charge in [-0.25, -0.2) is 0 Å². The third-order valence-corrected chi connectivity index (χ3v) is 2.73. The van der Waals surface area contributed by atoms with Crippen molar-refractivity contribution in [3.63, 3.8) is 0 Å². The molecule has 0 aromatic heterocycles. The molecule has 18 heavy (non-hydrogen) atoms. The van der Waals surface area contributed by atoms with Crippen molar-refractivity contribution in [2.24, 2.45) is 5.73 Å². The molecule has 1 unspecified atom stereocenters. The van der Waals surface area contributed by atoms with Crippen LogP contribution in [0, 0.1) is 0 Å². The van der Waals surface area contributed by atoms with E-state index in [1.807, 2.05) is 18.2 Å². The molecule has 0 amide bonds. The predicted molar refractivity (Wildman–Crippen MR) is 73.9 cm³/mol. The molecule has 0 aliphatic rings. The highest BCUT2D eigenvalue weighted by atomic mass is 16.4. The van der Waals surface area contributed by atoms with Crippen molar-refractivity contribution in [1.29, 1.82) is 0 Å².